The molecule has 0 aromatic heterocycles. The van der Waals surface area contributed by atoms with Gasteiger partial charge in [-0.1, -0.05) is 0 Å². The van der Waals surface area contributed by atoms with Gasteiger partial charge >= 0.3 is 5.91 Å². The molecule has 15 heavy (non-hydrogen) atoms. The molecule has 1 fully saturated rings. The van der Waals surface area contributed by atoms with Crippen LogP contribution in [0, 0.1) is 25.7 Å². The van der Waals surface area contributed by atoms with Gasteiger partial charge in [-0.15, -0.1) is 25.7 Å². The summed E-state index contributed by atoms with van der Waals surface area (Å²) >= 11 is 0. The minimum atomic E-state index is 0.143. The molecule has 2 aliphatic heterocycles. The van der Waals surface area contributed by atoms with E-state index in [4.69, 9.17) is 0 Å². The first-order chi connectivity index (χ1) is 7.38. The third kappa shape index (κ3) is 4.44. The maximum Gasteiger partial charge on any atom is 0.404 e. The van der Waals surface area contributed by atoms with Crippen LogP contribution in [-0.4, -0.2) is 35.8 Å². The molecular weight excluding hydrogens is 188 g/mol. The number of nitrogens with one attached hydrogen (secondary N) is 1. The topological polar surface area (TPSA) is 42.0 Å². The number of carbonyl (C=O) groups excluding carboxylic acids is 1. The minimum absolute atomic E-state index is 0.143. The average molecular weight is 205 g/mol. The summed E-state index contributed by atoms with van der Waals surface area (Å²) in [4.78, 5) is 11.4. The third-order valence-electron chi connectivity index (χ3n) is 2.19. The van der Waals surface area contributed by atoms with Crippen LogP contribution in [0.25, 0.3) is 0 Å². The van der Waals surface area contributed by atoms with Gasteiger partial charge in [0.25, 0.3) is 0 Å². The van der Waals surface area contributed by atoms with Gasteiger partial charge < -0.3 is 0 Å². The first-order valence-electron chi connectivity index (χ1n) is 4.92. The highest BCUT2D eigenvalue weighted by atomic mass is 16.2. The zero-order valence-electron chi connectivity index (χ0n) is 8.86. The zero-order valence-corrected chi connectivity index (χ0v) is 8.86. The van der Waals surface area contributed by atoms with Crippen molar-refractivity contribution in [2.24, 2.45) is 0 Å². The highest BCUT2D eigenvalue weighted by molar-refractivity contribution is 5.80. The molecule has 0 aromatic rings. The summed E-state index contributed by atoms with van der Waals surface area (Å²) in [5.41, 5.74) is 0. The van der Waals surface area contributed by atoms with Crippen LogP contribution in [0.4, 0.5) is 0 Å². The van der Waals surface area contributed by atoms with Crippen molar-refractivity contribution >= 4 is 12.1 Å². The summed E-state index contributed by atoms with van der Waals surface area (Å²) in [6.07, 6.45) is 21.5. The van der Waals surface area contributed by atoms with Gasteiger partial charge in [0.15, 0.2) is 6.54 Å². The smallest absolute Gasteiger partial charge is 0.298 e. The van der Waals surface area contributed by atoms with E-state index in [1.807, 2.05) is 10.8 Å². The number of rotatable bonds is 1. The largest absolute Gasteiger partial charge is 0.404 e. The van der Waals surface area contributed by atoms with Crippen molar-refractivity contribution in [1.29, 1.82) is 0 Å². The van der Waals surface area contributed by atoms with Crippen molar-refractivity contribution in [3.63, 3.8) is 0 Å². The molecule has 3 heteroatoms. The van der Waals surface area contributed by atoms with E-state index in [0.717, 1.165) is 25.9 Å². The fraction of sp³-hybridized carbons (Fsp3) is 0.500. The number of nitrogens with zero attached hydrogens (tertiary/aromatic N) is 1. The number of terminal acetylenes is 2. The molecule has 0 radical (unpaired) electrons. The fourth-order valence-corrected chi connectivity index (χ4v) is 1.40. The highest BCUT2D eigenvalue weighted by Crippen LogP contribution is 2.05. The Balaban J connectivity index is 0.000000442. The predicted octanol–water partition coefficient (Wildman–Crippen LogP) is 0.251. The van der Waals surface area contributed by atoms with Crippen LogP contribution in [0.1, 0.15) is 19.3 Å². The molecule has 0 spiro atoms. The molecular formula is C12H17N2O+. The van der Waals surface area contributed by atoms with Crippen LogP contribution in [0.2, 0.25) is 0 Å². The van der Waals surface area contributed by atoms with Gasteiger partial charge in [-0.25, -0.2) is 4.79 Å². The molecule has 1 N–H and O–H groups in total. The highest BCUT2D eigenvalue weighted by Gasteiger charge is 2.37. The van der Waals surface area contributed by atoms with E-state index in [9.17, 15) is 4.79 Å². The van der Waals surface area contributed by atoms with Crippen molar-refractivity contribution in [1.82, 2.24) is 5.32 Å². The van der Waals surface area contributed by atoms with Crippen molar-refractivity contribution < 1.29 is 9.37 Å². The van der Waals surface area contributed by atoms with Crippen molar-refractivity contribution in [3.8, 4) is 25.7 Å². The maximum atomic E-state index is 11.4. The van der Waals surface area contributed by atoms with E-state index < -0.39 is 0 Å². The number of carbonyl (C=O) groups is 1. The van der Waals surface area contributed by atoms with Gasteiger partial charge in [0, 0.05) is 19.4 Å². The number of hydrogen-bond donors (Lipinski definition) is 1. The van der Waals surface area contributed by atoms with E-state index in [1.165, 1.54) is 6.42 Å². The summed E-state index contributed by atoms with van der Waals surface area (Å²) in [7, 11) is 0. The molecule has 0 bridgehead atoms. The molecule has 0 aliphatic carbocycles. The standard InChI is InChI=1S/C8H13N2O.2C2H2/c11-8(7-6-9-7)10-4-2-1-3-5-10;2*1-2/h4,7,9H,1-3,5-6H2;2*1-2H/q+1;;/t7-;;/m1../s1. The summed E-state index contributed by atoms with van der Waals surface area (Å²) in [5.74, 6) is 0.268. The molecule has 2 heterocycles. The predicted molar refractivity (Wildman–Crippen MR) is 61.6 cm³/mol. The Morgan fingerprint density at radius 2 is 1.87 bits per heavy atom. The van der Waals surface area contributed by atoms with E-state index in [1.54, 1.807) is 0 Å². The minimum Gasteiger partial charge on any atom is -0.298 e. The van der Waals surface area contributed by atoms with E-state index >= 15 is 0 Å². The van der Waals surface area contributed by atoms with Gasteiger partial charge in [-0.3, -0.25) is 5.32 Å². The van der Waals surface area contributed by atoms with Gasteiger partial charge in [0.05, 0.1) is 0 Å². The second kappa shape index (κ2) is 7.79. The van der Waals surface area contributed by atoms with Crippen LogP contribution < -0.4 is 5.32 Å². The Labute approximate surface area is 91.6 Å². The Kier molecular flexibility index (Phi) is 6.97. The molecule has 1 atom stereocenters. The molecule has 0 aromatic carbocycles. The Bertz CT molecular complexity index is 266. The fourth-order valence-electron chi connectivity index (χ4n) is 1.40. The van der Waals surface area contributed by atoms with Crippen LogP contribution in [0.5, 0.6) is 0 Å². The van der Waals surface area contributed by atoms with Crippen LogP contribution >= 0.6 is 0 Å². The van der Waals surface area contributed by atoms with E-state index in [-0.39, 0.29) is 11.9 Å². The third-order valence-corrected chi connectivity index (χ3v) is 2.19. The van der Waals surface area contributed by atoms with Gasteiger partial charge in [0.1, 0.15) is 12.3 Å². The Morgan fingerprint density at radius 1 is 1.27 bits per heavy atom. The van der Waals surface area contributed by atoms with Gasteiger partial charge in [-0.05, 0) is 6.42 Å². The van der Waals surface area contributed by atoms with Gasteiger partial charge in [-0.2, -0.15) is 4.58 Å². The lowest BCUT2D eigenvalue weighted by Crippen LogP contribution is -2.30. The Hall–Kier alpha value is -1.58. The molecule has 3 nitrogen and oxygen atoms in total. The van der Waals surface area contributed by atoms with Crippen LogP contribution in [0.15, 0.2) is 0 Å². The molecule has 2 aliphatic rings. The molecule has 0 saturated carbocycles. The molecule has 2 rings (SSSR count). The lowest BCUT2D eigenvalue weighted by atomic mass is 10.2. The summed E-state index contributed by atoms with van der Waals surface area (Å²) < 4.78 is 1.87. The monoisotopic (exact) mass is 205 g/mol. The zero-order chi connectivity index (χ0) is 11.7. The molecule has 1 saturated heterocycles. The molecule has 80 valence electrons. The lowest BCUT2D eigenvalue weighted by molar-refractivity contribution is -0.450. The first-order valence-corrected chi connectivity index (χ1v) is 4.92. The number of amides is 1. The maximum absolute atomic E-state index is 11.4. The summed E-state index contributed by atoms with van der Waals surface area (Å²) in [6, 6.07) is 0.143. The Morgan fingerprint density at radius 3 is 2.27 bits per heavy atom. The first kappa shape index (κ1) is 13.4. The lowest BCUT2D eigenvalue weighted by Gasteiger charge is -2.04. The van der Waals surface area contributed by atoms with Crippen LogP contribution in [-0.2, 0) is 4.79 Å². The second-order valence-electron chi connectivity index (χ2n) is 3.17. The van der Waals surface area contributed by atoms with Crippen molar-refractivity contribution in [2.45, 2.75) is 25.3 Å². The SMILES string of the molecule is C#C.C#C.O=C([C@H]1CN1)[N+]1=CCCCC1. The normalized spacial score (nSPS) is 21.9. The molecule has 0 unspecified atom stereocenters. The number of hydrogen-bond acceptors (Lipinski definition) is 2. The van der Waals surface area contributed by atoms with Crippen molar-refractivity contribution in [3.05, 3.63) is 0 Å². The second-order valence-corrected chi connectivity index (χ2v) is 3.17. The average Bonchev–Trinajstić information content (AvgIpc) is 3.19. The van der Waals surface area contributed by atoms with Crippen molar-refractivity contribution in [2.75, 3.05) is 13.1 Å². The summed E-state index contributed by atoms with van der Waals surface area (Å²) in [6.45, 7) is 1.81. The van der Waals surface area contributed by atoms with Crippen LogP contribution in [0.3, 0.4) is 0 Å². The molecule has 1 amide bonds. The van der Waals surface area contributed by atoms with E-state index in [0.29, 0.717) is 0 Å². The quantitative estimate of drug-likeness (QED) is 0.379. The van der Waals surface area contributed by atoms with Gasteiger partial charge in [0.2, 0.25) is 0 Å². The summed E-state index contributed by atoms with van der Waals surface area (Å²) in [5, 5.41) is 3.02. The van der Waals surface area contributed by atoms with E-state index in [2.05, 4.69) is 31.0 Å².